The molecular weight excluding hydrogens is 785 g/mol. The van der Waals surface area contributed by atoms with Crippen LogP contribution in [0.5, 0.6) is 23.0 Å². The average molecular weight is 862 g/mol. The number of carbonyl (C=O) groups is 2. The minimum atomic E-state index is -0.926. The summed E-state index contributed by atoms with van der Waals surface area (Å²) in [5.74, 6) is 2.86. The predicted molar refractivity (Wildman–Crippen MR) is 237 cm³/mol. The Labute approximate surface area is 366 Å². The largest absolute Gasteiger partial charge is 0.595 e. The Bertz CT molecular complexity index is 1560. The molecule has 0 bridgehead atoms. The number of ether oxygens (including phenoxy) is 9. The maximum Gasteiger partial charge on any atom is 0.330 e. The third-order valence-corrected chi connectivity index (χ3v) is 9.72. The Morgan fingerprint density at radius 2 is 1.11 bits per heavy atom. The van der Waals surface area contributed by atoms with Gasteiger partial charge in [-0.1, -0.05) is 60.6 Å². The SMILES string of the molecule is CCOC(=O)[C@@H](N)C[C@H](Cc1ccc(OC)c(OCCCOC)c1)C(C)C.CCOC(=O)[C@H](C[C@H](Cc1ccc(OC)c(OCCCOC)c1)C(C)C)N=C([O-])OC(C)(C)C. The molecule has 0 amide bonds. The van der Waals surface area contributed by atoms with Crippen molar-refractivity contribution < 1.29 is 57.3 Å². The summed E-state index contributed by atoms with van der Waals surface area (Å²) in [4.78, 5) is 28.5. The van der Waals surface area contributed by atoms with Gasteiger partial charge in [0.1, 0.15) is 18.2 Å². The molecule has 0 aliphatic heterocycles. The number of hydrogen-bond acceptors (Lipinski definition) is 14. The molecule has 0 radical (unpaired) electrons. The van der Waals surface area contributed by atoms with Crippen LogP contribution < -0.4 is 29.8 Å². The smallest absolute Gasteiger partial charge is 0.330 e. The molecule has 0 saturated carbocycles. The van der Waals surface area contributed by atoms with Gasteiger partial charge in [-0.15, -0.1) is 0 Å². The van der Waals surface area contributed by atoms with Gasteiger partial charge in [0, 0.05) is 45.9 Å². The van der Waals surface area contributed by atoms with E-state index in [1.54, 1.807) is 63.1 Å². The highest BCUT2D eigenvalue weighted by molar-refractivity contribution is 5.79. The number of carbonyl (C=O) groups excluding carboxylic acids is 2. The van der Waals surface area contributed by atoms with Crippen molar-refractivity contribution in [3.63, 3.8) is 0 Å². The number of methoxy groups -OCH3 is 4. The molecule has 0 aliphatic carbocycles. The molecule has 4 atom stereocenters. The number of esters is 2. The zero-order valence-electron chi connectivity index (χ0n) is 39.3. The number of aliphatic imine (C=N–C) groups is 1. The molecule has 2 rings (SSSR count). The fourth-order valence-electron chi connectivity index (χ4n) is 6.29. The molecule has 14 nitrogen and oxygen atoms in total. The number of hydrogen-bond donors (Lipinski definition) is 1. The second-order valence-corrected chi connectivity index (χ2v) is 16.5. The molecule has 0 heterocycles. The minimum absolute atomic E-state index is 0.0651. The van der Waals surface area contributed by atoms with E-state index in [4.69, 9.17) is 48.4 Å². The lowest BCUT2D eigenvalue weighted by Gasteiger charge is -2.31. The summed E-state index contributed by atoms with van der Waals surface area (Å²) in [7, 11) is 6.57. The van der Waals surface area contributed by atoms with Crippen LogP contribution in [-0.4, -0.2) is 104 Å². The second-order valence-electron chi connectivity index (χ2n) is 16.5. The molecular formula is C47H77N2O12-. The van der Waals surface area contributed by atoms with Crippen molar-refractivity contribution in [2.75, 3.05) is 68.1 Å². The van der Waals surface area contributed by atoms with Gasteiger partial charge < -0.3 is 53.5 Å². The highest BCUT2D eigenvalue weighted by atomic mass is 16.6. The number of rotatable bonds is 27. The summed E-state index contributed by atoms with van der Waals surface area (Å²) in [6, 6.07) is 10.3. The maximum absolute atomic E-state index is 12.6. The van der Waals surface area contributed by atoms with Crippen molar-refractivity contribution in [2.24, 2.45) is 34.4 Å². The fourth-order valence-corrected chi connectivity index (χ4v) is 6.29. The van der Waals surface area contributed by atoms with Gasteiger partial charge in [0.25, 0.3) is 0 Å². The van der Waals surface area contributed by atoms with Crippen LogP contribution in [0, 0.1) is 23.7 Å². The van der Waals surface area contributed by atoms with Crippen molar-refractivity contribution in [3.05, 3.63) is 47.5 Å². The third kappa shape index (κ3) is 22.4. The lowest BCUT2D eigenvalue weighted by Crippen LogP contribution is -2.36. The van der Waals surface area contributed by atoms with E-state index >= 15 is 0 Å². The Balaban J connectivity index is 0.000000626. The van der Waals surface area contributed by atoms with E-state index in [9.17, 15) is 14.7 Å². The normalized spacial score (nSPS) is 13.7. The van der Waals surface area contributed by atoms with E-state index in [2.05, 4.69) is 32.7 Å². The maximum atomic E-state index is 12.6. The van der Waals surface area contributed by atoms with E-state index < -0.39 is 29.7 Å². The lowest BCUT2D eigenvalue weighted by molar-refractivity contribution is -0.261. The second kappa shape index (κ2) is 29.9. The molecule has 61 heavy (non-hydrogen) atoms. The van der Waals surface area contributed by atoms with Crippen molar-refractivity contribution in [3.8, 4) is 23.0 Å². The highest BCUT2D eigenvalue weighted by Crippen LogP contribution is 2.33. The monoisotopic (exact) mass is 862 g/mol. The Hall–Kier alpha value is -4.27. The van der Waals surface area contributed by atoms with Crippen LogP contribution in [0.4, 0.5) is 0 Å². The summed E-state index contributed by atoms with van der Waals surface area (Å²) < 4.78 is 48.2. The first-order valence-corrected chi connectivity index (χ1v) is 21.5. The van der Waals surface area contributed by atoms with Crippen LogP contribution in [0.1, 0.15) is 99.1 Å². The molecule has 0 fully saturated rings. The Morgan fingerprint density at radius 3 is 1.51 bits per heavy atom. The molecule has 348 valence electrons. The van der Waals surface area contributed by atoms with Gasteiger partial charge in [-0.25, -0.2) is 4.79 Å². The van der Waals surface area contributed by atoms with Crippen molar-refractivity contribution in [2.45, 2.75) is 119 Å². The molecule has 0 saturated heterocycles. The minimum Gasteiger partial charge on any atom is -0.595 e. The Kier molecular flexibility index (Phi) is 26.8. The van der Waals surface area contributed by atoms with Crippen LogP contribution in [0.15, 0.2) is 41.4 Å². The fraction of sp³-hybridized carbons (Fsp3) is 0.681. The first kappa shape index (κ1) is 54.7. The summed E-state index contributed by atoms with van der Waals surface area (Å²) in [5.41, 5.74) is 7.51. The van der Waals surface area contributed by atoms with Crippen LogP contribution in [0.2, 0.25) is 0 Å². The summed E-state index contributed by atoms with van der Waals surface area (Å²) in [6.45, 7) is 20.2. The first-order chi connectivity index (χ1) is 28.9. The van der Waals surface area contributed by atoms with Crippen LogP contribution in [0.25, 0.3) is 0 Å². The van der Waals surface area contributed by atoms with Gasteiger partial charge >= 0.3 is 11.9 Å². The van der Waals surface area contributed by atoms with E-state index in [0.717, 1.165) is 36.1 Å². The summed E-state index contributed by atoms with van der Waals surface area (Å²) >= 11 is 0. The van der Waals surface area contributed by atoms with Gasteiger partial charge in [-0.3, -0.25) is 9.79 Å². The van der Waals surface area contributed by atoms with Crippen LogP contribution >= 0.6 is 0 Å². The van der Waals surface area contributed by atoms with Gasteiger partial charge in [0.15, 0.2) is 23.0 Å². The zero-order chi connectivity index (χ0) is 46.0. The molecule has 14 heteroatoms. The van der Waals surface area contributed by atoms with Gasteiger partial charge in [0.2, 0.25) is 0 Å². The predicted octanol–water partition coefficient (Wildman–Crippen LogP) is 6.98. The van der Waals surface area contributed by atoms with E-state index in [0.29, 0.717) is 75.5 Å². The number of benzene rings is 2. The molecule has 2 N–H and O–H groups in total. The molecule has 2 aromatic rings. The average Bonchev–Trinajstić information content (AvgIpc) is 3.20. The van der Waals surface area contributed by atoms with E-state index in [-0.39, 0.29) is 30.3 Å². The Morgan fingerprint density at radius 1 is 0.672 bits per heavy atom. The van der Waals surface area contributed by atoms with Crippen molar-refractivity contribution in [1.29, 1.82) is 0 Å². The van der Waals surface area contributed by atoms with Crippen LogP contribution in [-0.2, 0) is 46.1 Å². The number of nitrogens with zero attached hydrogens (tertiary/aromatic N) is 1. The molecule has 0 spiro atoms. The lowest BCUT2D eigenvalue weighted by atomic mass is 9.84. The molecule has 0 aromatic heterocycles. The standard InChI is InChI=1S/C26H43NO7.C21H35NO5/c1-9-32-24(28)21(27-25(29)34-26(4,5)6)17-20(18(2)3)15-19-11-12-22(31-8)23(16-19)33-14-10-13-30-7;1-6-26-21(23)18(22)14-17(15(2)3)12-16-8-9-19(25-5)20(13-16)27-11-7-10-24-4/h11-12,16,18,20-21H,9-10,13-15,17H2,1-8H3,(H,27,29);8-9,13,15,17-18H,6-7,10-12,14,22H2,1-5H3/p-1/t20-,21-;17-,18-/m00/s1. The number of nitrogens with two attached hydrogens (primary N) is 1. The van der Waals surface area contributed by atoms with Gasteiger partial charge in [0.05, 0.1) is 40.6 Å². The zero-order valence-corrected chi connectivity index (χ0v) is 39.3. The topological polar surface area (TPSA) is 179 Å². The highest BCUT2D eigenvalue weighted by Gasteiger charge is 2.27. The van der Waals surface area contributed by atoms with Crippen molar-refractivity contribution in [1.82, 2.24) is 0 Å². The quantitative estimate of drug-likeness (QED) is 0.0421. The molecule has 0 aliphatic rings. The summed E-state index contributed by atoms with van der Waals surface area (Å²) in [5, 5.41) is 12.3. The molecule has 0 unspecified atom stereocenters. The first-order valence-electron chi connectivity index (χ1n) is 21.5. The molecule has 2 aromatic carbocycles. The van der Waals surface area contributed by atoms with E-state index in [1.807, 2.05) is 36.4 Å². The van der Waals surface area contributed by atoms with E-state index in [1.165, 1.54) is 0 Å². The van der Waals surface area contributed by atoms with Gasteiger partial charge in [-0.2, -0.15) is 0 Å². The third-order valence-electron chi connectivity index (χ3n) is 9.72. The summed E-state index contributed by atoms with van der Waals surface area (Å²) in [6.07, 6.45) is 3.26. The van der Waals surface area contributed by atoms with Gasteiger partial charge in [-0.05, 0) is 98.6 Å². The van der Waals surface area contributed by atoms with Crippen LogP contribution in [0.3, 0.4) is 0 Å². The van der Waals surface area contributed by atoms with Crippen molar-refractivity contribution >= 4 is 18.0 Å².